The summed E-state index contributed by atoms with van der Waals surface area (Å²) in [5, 5.41) is 3.76. The first-order valence-electron chi connectivity index (χ1n) is 9.42. The fourth-order valence-electron chi connectivity index (χ4n) is 3.00. The number of nitrogens with zero attached hydrogens (tertiary/aromatic N) is 1. The average Bonchev–Trinajstić information content (AvgIpc) is 3.10. The minimum Gasteiger partial charge on any atom is -0.457 e. The predicted octanol–water partition coefficient (Wildman–Crippen LogP) is 6.23. The topological polar surface area (TPSA) is 51.2 Å². The second-order valence-electron chi connectivity index (χ2n) is 6.68. The van der Waals surface area contributed by atoms with Gasteiger partial charge < -0.3 is 10.1 Å². The Hall–Kier alpha value is -3.51. The van der Waals surface area contributed by atoms with Crippen LogP contribution in [0.2, 0.25) is 0 Å². The van der Waals surface area contributed by atoms with Gasteiger partial charge in [-0.2, -0.15) is 0 Å². The summed E-state index contributed by atoms with van der Waals surface area (Å²) in [4.78, 5) is 18.0. The van der Waals surface area contributed by atoms with Crippen molar-refractivity contribution in [3.05, 3.63) is 94.6 Å². The molecule has 0 saturated carbocycles. The maximum atomic E-state index is 13.2. The minimum absolute atomic E-state index is 0.140. The number of thiazole rings is 1. The van der Waals surface area contributed by atoms with Gasteiger partial charge in [-0.25, -0.2) is 9.37 Å². The van der Waals surface area contributed by atoms with Crippen LogP contribution in [0.3, 0.4) is 0 Å². The molecule has 3 aromatic carbocycles. The van der Waals surface area contributed by atoms with Crippen molar-refractivity contribution in [1.82, 2.24) is 4.98 Å². The van der Waals surface area contributed by atoms with Crippen molar-refractivity contribution in [3.8, 4) is 22.8 Å². The number of ether oxygens (including phenoxy) is 1. The third-order valence-electron chi connectivity index (χ3n) is 4.36. The van der Waals surface area contributed by atoms with Gasteiger partial charge in [-0.3, -0.25) is 4.79 Å². The van der Waals surface area contributed by atoms with Crippen molar-refractivity contribution < 1.29 is 13.9 Å². The van der Waals surface area contributed by atoms with Gasteiger partial charge in [-0.1, -0.05) is 18.2 Å². The second kappa shape index (κ2) is 8.88. The van der Waals surface area contributed by atoms with Crippen LogP contribution in [0, 0.1) is 12.7 Å². The number of halogens is 1. The number of benzene rings is 3. The molecule has 1 heterocycles. The number of hydrogen-bond donors (Lipinski definition) is 1. The molecular formula is C24H19FN2O2S. The van der Waals surface area contributed by atoms with Crippen LogP contribution >= 0.6 is 11.3 Å². The first-order valence-corrected chi connectivity index (χ1v) is 10.2. The number of rotatable bonds is 6. The summed E-state index contributed by atoms with van der Waals surface area (Å²) in [7, 11) is 0. The van der Waals surface area contributed by atoms with E-state index in [2.05, 4.69) is 10.3 Å². The van der Waals surface area contributed by atoms with Gasteiger partial charge in [0.05, 0.1) is 17.1 Å². The Bertz CT molecular complexity index is 1140. The molecule has 1 aromatic heterocycles. The van der Waals surface area contributed by atoms with Crippen molar-refractivity contribution in [3.63, 3.8) is 0 Å². The van der Waals surface area contributed by atoms with Crippen molar-refractivity contribution in [2.75, 3.05) is 5.32 Å². The number of carbonyl (C=O) groups excluding carboxylic acids is 1. The van der Waals surface area contributed by atoms with Gasteiger partial charge in [0.1, 0.15) is 17.3 Å². The second-order valence-corrected chi connectivity index (χ2v) is 7.96. The third kappa shape index (κ3) is 4.90. The Kier molecular flexibility index (Phi) is 5.86. The molecule has 0 aliphatic heterocycles. The Morgan fingerprint density at radius 1 is 0.967 bits per heavy atom. The van der Waals surface area contributed by atoms with E-state index in [9.17, 15) is 9.18 Å². The minimum atomic E-state index is -0.301. The van der Waals surface area contributed by atoms with E-state index in [1.807, 2.05) is 49.4 Å². The third-order valence-corrected chi connectivity index (χ3v) is 5.33. The summed E-state index contributed by atoms with van der Waals surface area (Å²) >= 11 is 1.47. The molecule has 0 saturated heterocycles. The van der Waals surface area contributed by atoms with Crippen LogP contribution in [0.5, 0.6) is 11.5 Å². The van der Waals surface area contributed by atoms with Crippen LogP contribution in [-0.4, -0.2) is 10.9 Å². The first-order chi connectivity index (χ1) is 14.6. The lowest BCUT2D eigenvalue weighted by molar-refractivity contribution is -0.115. The van der Waals surface area contributed by atoms with Crippen LogP contribution in [0.25, 0.3) is 11.3 Å². The highest BCUT2D eigenvalue weighted by molar-refractivity contribution is 7.12. The Balaban J connectivity index is 1.42. The van der Waals surface area contributed by atoms with Crippen LogP contribution < -0.4 is 10.1 Å². The van der Waals surface area contributed by atoms with Gasteiger partial charge in [0.15, 0.2) is 0 Å². The summed E-state index contributed by atoms with van der Waals surface area (Å²) < 4.78 is 19.0. The predicted molar refractivity (Wildman–Crippen MR) is 118 cm³/mol. The zero-order valence-electron chi connectivity index (χ0n) is 16.3. The fraction of sp³-hybridized carbons (Fsp3) is 0.0833. The molecule has 4 nitrogen and oxygen atoms in total. The van der Waals surface area contributed by atoms with E-state index in [0.717, 1.165) is 26.9 Å². The number of carbonyl (C=O) groups is 1. The summed E-state index contributed by atoms with van der Waals surface area (Å²) in [5.41, 5.74) is 2.20. The number of anilines is 1. The van der Waals surface area contributed by atoms with Crippen molar-refractivity contribution >= 4 is 22.9 Å². The quantitative estimate of drug-likeness (QED) is 0.404. The van der Waals surface area contributed by atoms with E-state index in [4.69, 9.17) is 4.74 Å². The maximum absolute atomic E-state index is 13.2. The first kappa shape index (κ1) is 19.8. The molecule has 0 radical (unpaired) electrons. The van der Waals surface area contributed by atoms with Crippen LogP contribution in [0.4, 0.5) is 10.1 Å². The summed E-state index contributed by atoms with van der Waals surface area (Å²) in [5.74, 6) is 1.00. The molecule has 0 fully saturated rings. The molecule has 0 unspecified atom stereocenters. The fourth-order valence-corrected chi connectivity index (χ4v) is 3.96. The van der Waals surface area contributed by atoms with Gasteiger partial charge in [0, 0.05) is 16.1 Å². The molecule has 30 heavy (non-hydrogen) atoms. The molecule has 0 bridgehead atoms. The highest BCUT2D eigenvalue weighted by Crippen LogP contribution is 2.29. The van der Waals surface area contributed by atoms with Crippen LogP contribution in [0.1, 0.15) is 9.88 Å². The number of aromatic nitrogens is 1. The van der Waals surface area contributed by atoms with E-state index in [-0.39, 0.29) is 18.1 Å². The van der Waals surface area contributed by atoms with Crippen molar-refractivity contribution in [2.45, 2.75) is 13.3 Å². The average molecular weight is 418 g/mol. The highest BCUT2D eigenvalue weighted by Gasteiger charge is 2.15. The largest absolute Gasteiger partial charge is 0.457 e. The molecule has 0 aliphatic rings. The van der Waals surface area contributed by atoms with E-state index >= 15 is 0 Å². The monoisotopic (exact) mass is 418 g/mol. The molecule has 4 aromatic rings. The van der Waals surface area contributed by atoms with Gasteiger partial charge >= 0.3 is 0 Å². The van der Waals surface area contributed by atoms with E-state index in [1.54, 1.807) is 24.3 Å². The molecule has 6 heteroatoms. The maximum Gasteiger partial charge on any atom is 0.229 e. The standard InChI is InChI=1S/C24H19FN2O2S/c1-16-26-24(17-7-9-18(25)10-8-17)22(30-16)15-23(28)27-19-11-13-21(14-12-19)29-20-5-3-2-4-6-20/h2-14H,15H2,1H3,(H,27,28). The molecule has 1 amide bonds. The zero-order valence-corrected chi connectivity index (χ0v) is 17.1. The van der Waals surface area contributed by atoms with E-state index in [1.165, 1.54) is 23.5 Å². The molecule has 0 spiro atoms. The summed E-state index contributed by atoms with van der Waals surface area (Å²) in [6.07, 6.45) is 0.195. The van der Waals surface area contributed by atoms with Gasteiger partial charge in [0.2, 0.25) is 5.91 Å². The molecule has 0 atom stereocenters. The van der Waals surface area contributed by atoms with Gasteiger partial charge in [-0.15, -0.1) is 11.3 Å². The molecule has 4 rings (SSSR count). The normalized spacial score (nSPS) is 10.6. The lowest BCUT2D eigenvalue weighted by Gasteiger charge is -2.08. The van der Waals surface area contributed by atoms with Crippen LogP contribution in [-0.2, 0) is 11.2 Å². The number of aryl methyl sites for hydroxylation is 1. The Morgan fingerprint density at radius 2 is 1.63 bits per heavy atom. The summed E-state index contributed by atoms with van der Waals surface area (Å²) in [6.45, 7) is 1.89. The number of hydrogen-bond acceptors (Lipinski definition) is 4. The smallest absolute Gasteiger partial charge is 0.229 e. The number of para-hydroxylation sites is 1. The van der Waals surface area contributed by atoms with Crippen molar-refractivity contribution in [1.29, 1.82) is 0 Å². The van der Waals surface area contributed by atoms with Crippen LogP contribution in [0.15, 0.2) is 78.9 Å². The molecule has 1 N–H and O–H groups in total. The van der Waals surface area contributed by atoms with Gasteiger partial charge in [-0.05, 0) is 67.6 Å². The molecule has 0 aliphatic carbocycles. The molecule has 150 valence electrons. The number of amides is 1. The van der Waals surface area contributed by atoms with Gasteiger partial charge in [0.25, 0.3) is 0 Å². The summed E-state index contributed by atoms with van der Waals surface area (Å²) in [6, 6.07) is 22.9. The van der Waals surface area contributed by atoms with Crippen molar-refractivity contribution in [2.24, 2.45) is 0 Å². The Labute approximate surface area is 178 Å². The molecular weight excluding hydrogens is 399 g/mol. The SMILES string of the molecule is Cc1nc(-c2ccc(F)cc2)c(CC(=O)Nc2ccc(Oc3ccccc3)cc2)s1. The lowest BCUT2D eigenvalue weighted by atomic mass is 10.1. The highest BCUT2D eigenvalue weighted by atomic mass is 32.1. The van der Waals surface area contributed by atoms with E-state index in [0.29, 0.717) is 11.4 Å². The number of nitrogens with one attached hydrogen (secondary N) is 1. The Morgan fingerprint density at radius 3 is 2.33 bits per heavy atom. The van der Waals surface area contributed by atoms with E-state index < -0.39 is 0 Å². The lowest BCUT2D eigenvalue weighted by Crippen LogP contribution is -2.14. The zero-order chi connectivity index (χ0) is 20.9.